The average Bonchev–Trinajstić information content (AvgIpc) is 3.35. The van der Waals surface area contributed by atoms with E-state index in [0.717, 1.165) is 37.8 Å². The number of hydrogen-bond acceptors (Lipinski definition) is 6. The number of nitrogens with zero attached hydrogens (tertiary/aromatic N) is 7. The predicted molar refractivity (Wildman–Crippen MR) is 111 cm³/mol. The van der Waals surface area contributed by atoms with Gasteiger partial charge in [0.15, 0.2) is 17.2 Å². The van der Waals surface area contributed by atoms with Gasteiger partial charge in [0, 0.05) is 22.7 Å². The van der Waals surface area contributed by atoms with Gasteiger partial charge in [0.25, 0.3) is 0 Å². The first kappa shape index (κ1) is 19.9. The summed E-state index contributed by atoms with van der Waals surface area (Å²) >= 11 is 1.52. The zero-order valence-corrected chi connectivity index (χ0v) is 18.0. The minimum atomic E-state index is -4.47. The lowest BCUT2D eigenvalue weighted by molar-refractivity contribution is -0.141. The van der Waals surface area contributed by atoms with Crippen LogP contribution in [0.2, 0.25) is 0 Å². The molecule has 1 unspecified atom stereocenters. The Bertz CT molecular complexity index is 1460. The third-order valence-corrected chi connectivity index (χ3v) is 6.34. The summed E-state index contributed by atoms with van der Waals surface area (Å²) in [5.41, 5.74) is 3.09. The largest absolute Gasteiger partial charge is 0.435 e. The van der Waals surface area contributed by atoms with Gasteiger partial charge in [-0.25, -0.2) is 19.5 Å². The van der Waals surface area contributed by atoms with Crippen molar-refractivity contribution in [1.82, 2.24) is 34.3 Å². The molecule has 0 radical (unpaired) electrons. The standard InChI is InChI=1S/C20H18F3N7S/c1-9-5-11(3)25-19-14(9)15-16(31-19)18-26-17(28-30(18)8-24-15)10(2)7-29-12(4)6-13(27-29)20(21,22)23/h5-6,8,10H,7H2,1-4H3. The van der Waals surface area contributed by atoms with Gasteiger partial charge in [-0.2, -0.15) is 18.3 Å². The van der Waals surface area contributed by atoms with Crippen LogP contribution < -0.4 is 0 Å². The van der Waals surface area contributed by atoms with Gasteiger partial charge in [0.2, 0.25) is 0 Å². The highest BCUT2D eigenvalue weighted by Gasteiger charge is 2.34. The monoisotopic (exact) mass is 445 g/mol. The van der Waals surface area contributed by atoms with Gasteiger partial charge in [-0.1, -0.05) is 6.92 Å². The molecule has 0 aliphatic heterocycles. The fourth-order valence-electron chi connectivity index (χ4n) is 3.77. The fourth-order valence-corrected chi connectivity index (χ4v) is 4.99. The number of thiophene rings is 1. The predicted octanol–water partition coefficient (Wildman–Crippen LogP) is 4.83. The van der Waals surface area contributed by atoms with Crippen molar-refractivity contribution in [2.24, 2.45) is 0 Å². The topological polar surface area (TPSA) is 73.8 Å². The van der Waals surface area contributed by atoms with E-state index < -0.39 is 11.9 Å². The molecule has 0 saturated heterocycles. The molecule has 0 saturated carbocycles. The van der Waals surface area contributed by atoms with E-state index in [1.807, 2.05) is 26.8 Å². The van der Waals surface area contributed by atoms with Crippen molar-refractivity contribution in [2.45, 2.75) is 46.3 Å². The number of aromatic nitrogens is 7. The van der Waals surface area contributed by atoms with Gasteiger partial charge in [-0.15, -0.1) is 16.4 Å². The Morgan fingerprint density at radius 1 is 1.10 bits per heavy atom. The number of rotatable bonds is 3. The number of hydrogen-bond donors (Lipinski definition) is 0. The highest BCUT2D eigenvalue weighted by Crippen LogP contribution is 2.36. The van der Waals surface area contributed by atoms with Crippen LogP contribution in [0.3, 0.4) is 0 Å². The molecule has 11 heteroatoms. The zero-order valence-electron chi connectivity index (χ0n) is 17.2. The normalized spacial score (nSPS) is 13.6. The number of halogens is 3. The second-order valence-electron chi connectivity index (χ2n) is 7.78. The summed E-state index contributed by atoms with van der Waals surface area (Å²) in [6.45, 7) is 7.70. The van der Waals surface area contributed by atoms with Gasteiger partial charge in [0.1, 0.15) is 15.9 Å². The molecule has 0 N–H and O–H groups in total. The number of alkyl halides is 3. The van der Waals surface area contributed by atoms with E-state index >= 15 is 0 Å². The summed E-state index contributed by atoms with van der Waals surface area (Å²) in [5.74, 6) is 0.280. The van der Waals surface area contributed by atoms with Crippen molar-refractivity contribution in [3.05, 3.63) is 46.9 Å². The minimum absolute atomic E-state index is 0.238. The summed E-state index contributed by atoms with van der Waals surface area (Å²) in [6.07, 6.45) is -2.85. The fraction of sp³-hybridized carbons (Fsp3) is 0.350. The van der Waals surface area contributed by atoms with Crippen molar-refractivity contribution in [3.63, 3.8) is 0 Å². The lowest BCUT2D eigenvalue weighted by Crippen LogP contribution is -2.12. The summed E-state index contributed by atoms with van der Waals surface area (Å²) in [6, 6.07) is 3.07. The van der Waals surface area contributed by atoms with E-state index in [0.29, 0.717) is 17.2 Å². The van der Waals surface area contributed by atoms with Crippen molar-refractivity contribution < 1.29 is 13.2 Å². The van der Waals surface area contributed by atoms with Gasteiger partial charge in [0.05, 0.1) is 12.1 Å². The van der Waals surface area contributed by atoms with Crippen molar-refractivity contribution in [3.8, 4) is 0 Å². The Balaban J connectivity index is 1.56. The summed E-state index contributed by atoms with van der Waals surface area (Å²) in [5, 5.41) is 9.24. The molecular formula is C20H18F3N7S. The van der Waals surface area contributed by atoms with Crippen LogP contribution in [0.15, 0.2) is 18.5 Å². The van der Waals surface area contributed by atoms with Gasteiger partial charge in [-0.3, -0.25) is 4.68 Å². The quantitative estimate of drug-likeness (QED) is 0.398. The Hall–Kier alpha value is -3.08. The molecular weight excluding hydrogens is 427 g/mol. The van der Waals surface area contributed by atoms with Crippen molar-refractivity contribution >= 4 is 37.4 Å². The van der Waals surface area contributed by atoms with Crippen LogP contribution >= 0.6 is 11.3 Å². The van der Waals surface area contributed by atoms with Gasteiger partial charge < -0.3 is 0 Å². The molecule has 5 aromatic rings. The van der Waals surface area contributed by atoms with E-state index in [1.165, 1.54) is 16.0 Å². The summed E-state index contributed by atoms with van der Waals surface area (Å²) < 4.78 is 42.7. The lowest BCUT2D eigenvalue weighted by Gasteiger charge is -2.09. The molecule has 31 heavy (non-hydrogen) atoms. The van der Waals surface area contributed by atoms with Crippen molar-refractivity contribution in [1.29, 1.82) is 0 Å². The Labute approximate surface area is 178 Å². The summed E-state index contributed by atoms with van der Waals surface area (Å²) in [7, 11) is 0. The van der Waals surface area contributed by atoms with E-state index in [4.69, 9.17) is 4.98 Å². The Kier molecular flexibility index (Phi) is 4.30. The summed E-state index contributed by atoms with van der Waals surface area (Å²) in [4.78, 5) is 14.8. The van der Waals surface area contributed by atoms with E-state index in [2.05, 4.69) is 20.2 Å². The first-order valence-electron chi connectivity index (χ1n) is 9.65. The third kappa shape index (κ3) is 3.23. The second-order valence-corrected chi connectivity index (χ2v) is 8.77. The molecule has 160 valence electrons. The Morgan fingerprint density at radius 3 is 2.58 bits per heavy atom. The maximum atomic E-state index is 13.0. The van der Waals surface area contributed by atoms with Crippen LogP contribution in [0.1, 0.15) is 41.3 Å². The van der Waals surface area contributed by atoms with Crippen molar-refractivity contribution in [2.75, 3.05) is 0 Å². The molecule has 0 aliphatic carbocycles. The average molecular weight is 445 g/mol. The smallest absolute Gasteiger partial charge is 0.269 e. The molecule has 5 rings (SSSR count). The molecule has 0 spiro atoms. The lowest BCUT2D eigenvalue weighted by atomic mass is 10.1. The molecule has 5 heterocycles. The molecule has 0 aromatic carbocycles. The minimum Gasteiger partial charge on any atom is -0.269 e. The van der Waals surface area contributed by atoms with E-state index in [1.54, 1.807) is 17.8 Å². The first-order valence-corrected chi connectivity index (χ1v) is 10.5. The highest BCUT2D eigenvalue weighted by atomic mass is 32.1. The second kappa shape index (κ2) is 6.71. The Morgan fingerprint density at radius 2 is 1.87 bits per heavy atom. The molecule has 5 aromatic heterocycles. The van der Waals surface area contributed by atoms with E-state index in [9.17, 15) is 13.2 Å². The van der Waals surface area contributed by atoms with E-state index in [-0.39, 0.29) is 12.5 Å². The van der Waals surface area contributed by atoms with Gasteiger partial charge in [-0.05, 0) is 38.5 Å². The molecule has 1 atom stereocenters. The van der Waals surface area contributed by atoms with Crippen LogP contribution in [0.5, 0.6) is 0 Å². The van der Waals surface area contributed by atoms with Crippen LogP contribution in [0.25, 0.3) is 26.1 Å². The van der Waals surface area contributed by atoms with Gasteiger partial charge >= 0.3 is 6.18 Å². The molecule has 0 fully saturated rings. The maximum Gasteiger partial charge on any atom is 0.435 e. The van der Waals surface area contributed by atoms with Crippen LogP contribution in [0, 0.1) is 20.8 Å². The molecule has 7 nitrogen and oxygen atoms in total. The maximum absolute atomic E-state index is 13.0. The number of pyridine rings is 1. The first-order chi connectivity index (χ1) is 14.6. The molecule has 0 aliphatic rings. The highest BCUT2D eigenvalue weighted by molar-refractivity contribution is 7.26. The molecule has 0 amide bonds. The van der Waals surface area contributed by atoms with Crippen LogP contribution in [-0.4, -0.2) is 34.3 Å². The van der Waals surface area contributed by atoms with Crippen LogP contribution in [0.4, 0.5) is 13.2 Å². The van der Waals surface area contributed by atoms with Crippen LogP contribution in [-0.2, 0) is 12.7 Å². The number of fused-ring (bicyclic) bond motifs is 5. The third-order valence-electron chi connectivity index (χ3n) is 5.27. The zero-order chi connectivity index (χ0) is 22.1. The SMILES string of the molecule is Cc1cc(C)c2c(n1)sc1c2ncn2nc(C(C)Cn3nc(C(F)(F)F)cc3C)nc12. The molecule has 0 bridgehead atoms. The number of aryl methyl sites for hydroxylation is 3.